The number of anilines is 1. The minimum absolute atomic E-state index is 0.0429. The molecule has 0 saturated carbocycles. The molecule has 0 aliphatic rings. The van der Waals surface area contributed by atoms with Crippen molar-refractivity contribution in [1.82, 2.24) is 9.88 Å². The standard InChI is InChI=1S/C27H24FN3O6/c1-35-24-13-19-21(14-25(24)36-2)29-11-10-22(19)37-23-9-8-18(12-20(23)28)30-26(32)16-31(27(33)34)15-17-6-4-3-5-7-17/h3-14H,15-16H2,1-2H3,(H,30,32)(H,33,34). The number of nitrogens with one attached hydrogen (secondary N) is 1. The molecular formula is C27H24FN3O6. The Hall–Kier alpha value is -4.86. The molecule has 1 heterocycles. The average Bonchev–Trinajstić information content (AvgIpc) is 2.89. The quantitative estimate of drug-likeness (QED) is 0.318. The minimum atomic E-state index is -1.24. The van der Waals surface area contributed by atoms with Gasteiger partial charge in [0.2, 0.25) is 5.91 Å². The second-order valence-electron chi connectivity index (χ2n) is 7.95. The molecule has 0 fully saturated rings. The maximum atomic E-state index is 14.9. The summed E-state index contributed by atoms with van der Waals surface area (Å²) in [7, 11) is 3.02. The summed E-state index contributed by atoms with van der Waals surface area (Å²) in [6.07, 6.45) is 0.285. The van der Waals surface area contributed by atoms with Crippen LogP contribution in [0.25, 0.3) is 10.9 Å². The van der Waals surface area contributed by atoms with Crippen molar-refractivity contribution in [2.45, 2.75) is 6.54 Å². The fourth-order valence-electron chi connectivity index (χ4n) is 3.69. The summed E-state index contributed by atoms with van der Waals surface area (Å²) in [4.78, 5) is 29.3. The van der Waals surface area contributed by atoms with E-state index in [2.05, 4.69) is 10.3 Å². The number of benzene rings is 3. The summed E-state index contributed by atoms with van der Waals surface area (Å²) in [5.41, 5.74) is 1.47. The maximum absolute atomic E-state index is 14.9. The Morgan fingerprint density at radius 2 is 1.68 bits per heavy atom. The normalized spacial score (nSPS) is 10.6. The van der Waals surface area contributed by atoms with Crippen LogP contribution in [0.3, 0.4) is 0 Å². The number of carbonyl (C=O) groups is 2. The number of carboxylic acid groups (broad SMARTS) is 1. The van der Waals surface area contributed by atoms with Gasteiger partial charge in [0.1, 0.15) is 12.3 Å². The Bertz CT molecular complexity index is 1430. The first kappa shape index (κ1) is 25.2. The summed E-state index contributed by atoms with van der Waals surface area (Å²) >= 11 is 0. The number of pyridine rings is 1. The number of nitrogens with zero attached hydrogens (tertiary/aromatic N) is 2. The monoisotopic (exact) mass is 505 g/mol. The molecule has 0 radical (unpaired) electrons. The minimum Gasteiger partial charge on any atom is -0.493 e. The fourth-order valence-corrected chi connectivity index (χ4v) is 3.69. The van der Waals surface area contributed by atoms with E-state index in [1.54, 1.807) is 42.5 Å². The number of methoxy groups -OCH3 is 2. The molecule has 2 N–H and O–H groups in total. The molecule has 4 rings (SSSR count). The topological polar surface area (TPSA) is 110 Å². The van der Waals surface area contributed by atoms with E-state index in [9.17, 15) is 19.1 Å². The number of hydrogen-bond acceptors (Lipinski definition) is 6. The van der Waals surface area contributed by atoms with Crippen LogP contribution in [-0.2, 0) is 11.3 Å². The lowest BCUT2D eigenvalue weighted by atomic mass is 10.2. The Morgan fingerprint density at radius 3 is 2.35 bits per heavy atom. The third-order valence-electron chi connectivity index (χ3n) is 5.46. The van der Waals surface area contributed by atoms with E-state index in [1.807, 2.05) is 6.07 Å². The Balaban J connectivity index is 1.47. The predicted molar refractivity (Wildman–Crippen MR) is 135 cm³/mol. The van der Waals surface area contributed by atoms with Crippen molar-refractivity contribution in [2.75, 3.05) is 26.1 Å². The van der Waals surface area contributed by atoms with Crippen LogP contribution in [0.1, 0.15) is 5.56 Å². The number of hydrogen-bond donors (Lipinski definition) is 2. The van der Waals surface area contributed by atoms with Gasteiger partial charge in [-0.3, -0.25) is 14.7 Å². The molecule has 0 bridgehead atoms. The van der Waals surface area contributed by atoms with Crippen LogP contribution in [0.2, 0.25) is 0 Å². The van der Waals surface area contributed by atoms with Crippen LogP contribution < -0.4 is 19.5 Å². The third-order valence-corrected chi connectivity index (χ3v) is 5.46. The Kier molecular flexibility index (Phi) is 7.68. The summed E-state index contributed by atoms with van der Waals surface area (Å²) in [5, 5.41) is 12.6. The molecule has 0 spiro atoms. The van der Waals surface area contributed by atoms with E-state index in [0.29, 0.717) is 28.2 Å². The molecule has 0 aliphatic heterocycles. The highest BCUT2D eigenvalue weighted by Crippen LogP contribution is 2.37. The third kappa shape index (κ3) is 6.04. The number of carbonyl (C=O) groups excluding carboxylic acids is 1. The van der Waals surface area contributed by atoms with Crippen molar-refractivity contribution < 1.29 is 33.3 Å². The molecular weight excluding hydrogens is 481 g/mol. The number of aromatic nitrogens is 1. The SMILES string of the molecule is COc1cc2nccc(Oc3ccc(NC(=O)CN(Cc4ccccc4)C(=O)O)cc3F)c2cc1OC. The first-order chi connectivity index (χ1) is 17.9. The van der Waals surface area contributed by atoms with Gasteiger partial charge in [-0.05, 0) is 29.8 Å². The van der Waals surface area contributed by atoms with Crippen molar-refractivity contribution in [1.29, 1.82) is 0 Å². The molecule has 0 atom stereocenters. The molecule has 4 aromatic rings. The number of ether oxygens (including phenoxy) is 3. The zero-order chi connectivity index (χ0) is 26.4. The number of halogens is 1. The first-order valence-electron chi connectivity index (χ1n) is 11.2. The molecule has 1 aromatic heterocycles. The largest absolute Gasteiger partial charge is 0.493 e. The van der Waals surface area contributed by atoms with E-state index in [4.69, 9.17) is 14.2 Å². The molecule has 0 unspecified atom stereocenters. The van der Waals surface area contributed by atoms with Crippen LogP contribution in [0, 0.1) is 5.82 Å². The summed E-state index contributed by atoms with van der Waals surface area (Å²) in [5.74, 6) is -0.0865. The zero-order valence-electron chi connectivity index (χ0n) is 20.1. The van der Waals surface area contributed by atoms with Gasteiger partial charge in [-0.1, -0.05) is 30.3 Å². The number of rotatable bonds is 9. The van der Waals surface area contributed by atoms with Crippen molar-refractivity contribution >= 4 is 28.6 Å². The fraction of sp³-hybridized carbons (Fsp3) is 0.148. The molecule has 2 amide bonds. The molecule has 3 aromatic carbocycles. The zero-order valence-corrected chi connectivity index (χ0v) is 20.1. The van der Waals surface area contributed by atoms with Crippen LogP contribution in [-0.4, -0.2) is 47.8 Å². The summed E-state index contributed by atoms with van der Waals surface area (Å²) in [6.45, 7) is -0.375. The van der Waals surface area contributed by atoms with Crippen molar-refractivity contribution in [3.8, 4) is 23.0 Å². The van der Waals surface area contributed by atoms with Gasteiger partial charge in [-0.15, -0.1) is 0 Å². The van der Waals surface area contributed by atoms with Crippen LogP contribution in [0.4, 0.5) is 14.9 Å². The summed E-state index contributed by atoms with van der Waals surface area (Å²) in [6, 6.07) is 17.8. The van der Waals surface area contributed by atoms with Crippen molar-refractivity contribution in [2.24, 2.45) is 0 Å². The average molecular weight is 506 g/mol. The molecule has 0 aliphatic carbocycles. The van der Waals surface area contributed by atoms with Gasteiger partial charge in [0.15, 0.2) is 23.1 Å². The van der Waals surface area contributed by atoms with Gasteiger partial charge >= 0.3 is 6.09 Å². The highest BCUT2D eigenvalue weighted by Gasteiger charge is 2.18. The van der Waals surface area contributed by atoms with E-state index < -0.39 is 24.4 Å². The van der Waals surface area contributed by atoms with Gasteiger partial charge < -0.3 is 24.6 Å². The molecule has 10 heteroatoms. The molecule has 9 nitrogen and oxygen atoms in total. The van der Waals surface area contributed by atoms with Crippen molar-refractivity contribution in [3.05, 3.63) is 84.3 Å². The van der Waals surface area contributed by atoms with Gasteiger partial charge in [-0.2, -0.15) is 0 Å². The second kappa shape index (κ2) is 11.3. The first-order valence-corrected chi connectivity index (χ1v) is 11.2. The van der Waals surface area contributed by atoms with E-state index in [-0.39, 0.29) is 18.0 Å². The molecule has 37 heavy (non-hydrogen) atoms. The van der Waals surface area contributed by atoms with Gasteiger partial charge in [0.25, 0.3) is 0 Å². The lowest BCUT2D eigenvalue weighted by Crippen LogP contribution is -2.36. The Morgan fingerprint density at radius 1 is 0.946 bits per heavy atom. The molecule has 190 valence electrons. The van der Waals surface area contributed by atoms with Gasteiger partial charge in [-0.25, -0.2) is 9.18 Å². The Labute approximate surface area is 212 Å². The van der Waals surface area contributed by atoms with E-state index in [1.165, 1.54) is 32.5 Å². The summed E-state index contributed by atoms with van der Waals surface area (Å²) < 4.78 is 31.3. The number of amides is 2. The van der Waals surface area contributed by atoms with Crippen molar-refractivity contribution in [3.63, 3.8) is 0 Å². The van der Waals surface area contributed by atoms with Crippen LogP contribution >= 0.6 is 0 Å². The highest BCUT2D eigenvalue weighted by molar-refractivity contribution is 5.94. The predicted octanol–water partition coefficient (Wildman–Crippen LogP) is 5.30. The van der Waals surface area contributed by atoms with Gasteiger partial charge in [0, 0.05) is 35.9 Å². The number of fused-ring (bicyclic) bond motifs is 1. The lowest BCUT2D eigenvalue weighted by molar-refractivity contribution is -0.117. The van der Waals surface area contributed by atoms with E-state index >= 15 is 0 Å². The highest BCUT2D eigenvalue weighted by atomic mass is 19.1. The van der Waals surface area contributed by atoms with E-state index in [0.717, 1.165) is 16.5 Å². The van der Waals surface area contributed by atoms with Crippen LogP contribution in [0.15, 0.2) is 72.9 Å². The maximum Gasteiger partial charge on any atom is 0.408 e. The lowest BCUT2D eigenvalue weighted by Gasteiger charge is -2.19. The smallest absolute Gasteiger partial charge is 0.408 e. The second-order valence-corrected chi connectivity index (χ2v) is 7.95. The van der Waals surface area contributed by atoms with Gasteiger partial charge in [0.05, 0.1) is 19.7 Å². The molecule has 0 saturated heterocycles. The van der Waals surface area contributed by atoms with Crippen LogP contribution in [0.5, 0.6) is 23.0 Å².